The molecule has 2 aromatic rings. The molecule has 5 heteroatoms. The van der Waals surface area contributed by atoms with Crippen molar-refractivity contribution in [1.29, 1.82) is 0 Å². The highest BCUT2D eigenvalue weighted by atomic mass is 16.5. The predicted molar refractivity (Wildman–Crippen MR) is 78.3 cm³/mol. The van der Waals surface area contributed by atoms with Crippen LogP contribution in [-0.2, 0) is 13.6 Å². The van der Waals surface area contributed by atoms with Crippen LogP contribution in [0, 0.1) is 0 Å². The second kappa shape index (κ2) is 6.86. The van der Waals surface area contributed by atoms with E-state index in [1.807, 2.05) is 36.0 Å². The lowest BCUT2D eigenvalue weighted by molar-refractivity contribution is 0.196. The lowest BCUT2D eigenvalue weighted by atomic mass is 10.2. The Bertz CT molecular complexity index is 552. The average molecular weight is 276 g/mol. The predicted octanol–water partition coefficient (Wildman–Crippen LogP) is 2.02. The van der Waals surface area contributed by atoms with E-state index in [-0.39, 0.29) is 13.2 Å². The Balaban J connectivity index is 2.03. The minimum Gasteiger partial charge on any atom is -0.493 e. The molecule has 108 valence electrons. The molecule has 0 saturated carbocycles. The highest BCUT2D eigenvalue weighted by Gasteiger charge is 2.06. The maximum absolute atomic E-state index is 8.83. The van der Waals surface area contributed by atoms with E-state index in [0.717, 1.165) is 12.2 Å². The van der Waals surface area contributed by atoms with Gasteiger partial charge in [0.25, 0.3) is 0 Å². The lowest BCUT2D eigenvalue weighted by Gasteiger charge is -2.12. The van der Waals surface area contributed by atoms with E-state index in [0.29, 0.717) is 11.5 Å². The summed E-state index contributed by atoms with van der Waals surface area (Å²) in [7, 11) is 3.59. The topological polar surface area (TPSA) is 55.7 Å². The summed E-state index contributed by atoms with van der Waals surface area (Å²) >= 11 is 0. The average Bonchev–Trinajstić information content (AvgIpc) is 2.88. The first kappa shape index (κ1) is 14.3. The molecule has 0 aliphatic rings. The van der Waals surface area contributed by atoms with Crippen molar-refractivity contribution in [3.05, 3.63) is 42.2 Å². The van der Waals surface area contributed by atoms with Crippen LogP contribution in [0.2, 0.25) is 0 Å². The monoisotopic (exact) mass is 276 g/mol. The number of aromatic nitrogens is 1. The Morgan fingerprint density at radius 3 is 2.75 bits per heavy atom. The van der Waals surface area contributed by atoms with Crippen molar-refractivity contribution >= 4 is 5.69 Å². The van der Waals surface area contributed by atoms with E-state index in [1.54, 1.807) is 7.11 Å². The third-order valence-corrected chi connectivity index (χ3v) is 2.90. The minimum absolute atomic E-state index is 0.0230. The van der Waals surface area contributed by atoms with Crippen LogP contribution in [0.15, 0.2) is 36.7 Å². The van der Waals surface area contributed by atoms with Gasteiger partial charge in [0, 0.05) is 37.7 Å². The van der Waals surface area contributed by atoms with E-state index in [1.165, 1.54) is 5.56 Å². The van der Waals surface area contributed by atoms with Crippen LogP contribution in [-0.4, -0.2) is 30.0 Å². The summed E-state index contributed by atoms with van der Waals surface area (Å²) in [6, 6.07) is 7.73. The van der Waals surface area contributed by atoms with Crippen molar-refractivity contribution in [2.75, 3.05) is 25.6 Å². The number of benzene rings is 1. The maximum Gasteiger partial charge on any atom is 0.163 e. The maximum atomic E-state index is 8.83. The zero-order valence-electron chi connectivity index (χ0n) is 11.8. The van der Waals surface area contributed by atoms with Crippen molar-refractivity contribution in [2.24, 2.45) is 7.05 Å². The summed E-state index contributed by atoms with van der Waals surface area (Å²) in [5.41, 5.74) is 2.16. The van der Waals surface area contributed by atoms with Crippen molar-refractivity contribution in [2.45, 2.75) is 6.54 Å². The van der Waals surface area contributed by atoms with Gasteiger partial charge < -0.3 is 24.5 Å². The third-order valence-electron chi connectivity index (χ3n) is 2.90. The van der Waals surface area contributed by atoms with Gasteiger partial charge in [-0.3, -0.25) is 0 Å². The number of hydrogen-bond donors (Lipinski definition) is 2. The van der Waals surface area contributed by atoms with Gasteiger partial charge in [-0.2, -0.15) is 0 Å². The van der Waals surface area contributed by atoms with Crippen molar-refractivity contribution in [1.82, 2.24) is 4.57 Å². The van der Waals surface area contributed by atoms with Gasteiger partial charge in [0.05, 0.1) is 13.7 Å². The van der Waals surface area contributed by atoms with E-state index in [9.17, 15) is 0 Å². The van der Waals surface area contributed by atoms with Crippen LogP contribution in [0.25, 0.3) is 0 Å². The largest absolute Gasteiger partial charge is 0.493 e. The molecule has 5 nitrogen and oxygen atoms in total. The summed E-state index contributed by atoms with van der Waals surface area (Å²) < 4.78 is 12.7. The molecule has 0 aliphatic carbocycles. The first-order valence-corrected chi connectivity index (χ1v) is 6.49. The summed E-state index contributed by atoms with van der Waals surface area (Å²) in [5, 5.41) is 12.2. The Morgan fingerprint density at radius 2 is 2.10 bits per heavy atom. The van der Waals surface area contributed by atoms with E-state index in [2.05, 4.69) is 17.6 Å². The molecular weight excluding hydrogens is 256 g/mol. The molecule has 0 bridgehead atoms. The van der Waals surface area contributed by atoms with Crippen LogP contribution in [0.5, 0.6) is 11.5 Å². The van der Waals surface area contributed by atoms with Crippen LogP contribution in [0.1, 0.15) is 5.56 Å². The molecule has 0 spiro atoms. The van der Waals surface area contributed by atoms with Crippen LogP contribution < -0.4 is 14.8 Å². The highest BCUT2D eigenvalue weighted by molar-refractivity contribution is 5.55. The molecule has 0 saturated heterocycles. The number of anilines is 1. The molecule has 0 aliphatic heterocycles. The van der Waals surface area contributed by atoms with E-state index in [4.69, 9.17) is 14.6 Å². The number of ether oxygens (including phenoxy) is 2. The summed E-state index contributed by atoms with van der Waals surface area (Å²) in [5.74, 6) is 1.28. The SMILES string of the molecule is COc1ccc(NCc2ccn(C)c2)cc1OCCO. The molecule has 2 rings (SSSR count). The fourth-order valence-electron chi connectivity index (χ4n) is 1.92. The number of aliphatic hydroxyl groups excluding tert-OH is 1. The standard InChI is InChI=1S/C15H20N2O3/c1-17-6-5-12(11-17)10-16-13-3-4-14(19-2)15(9-13)20-8-7-18/h3-6,9,11,16,18H,7-8,10H2,1-2H3. The summed E-state index contributed by atoms with van der Waals surface area (Å²) in [4.78, 5) is 0. The molecule has 20 heavy (non-hydrogen) atoms. The lowest BCUT2D eigenvalue weighted by Crippen LogP contribution is -2.04. The van der Waals surface area contributed by atoms with E-state index >= 15 is 0 Å². The zero-order valence-corrected chi connectivity index (χ0v) is 11.8. The molecule has 0 unspecified atom stereocenters. The fourth-order valence-corrected chi connectivity index (χ4v) is 1.92. The second-order valence-electron chi connectivity index (χ2n) is 4.48. The smallest absolute Gasteiger partial charge is 0.163 e. The molecule has 0 amide bonds. The molecule has 2 N–H and O–H groups in total. The van der Waals surface area contributed by atoms with Gasteiger partial charge in [-0.05, 0) is 23.8 Å². The van der Waals surface area contributed by atoms with Gasteiger partial charge in [-0.1, -0.05) is 0 Å². The molecule has 0 atom stereocenters. The first-order chi connectivity index (χ1) is 9.72. The number of rotatable bonds is 7. The third kappa shape index (κ3) is 3.68. The Morgan fingerprint density at radius 1 is 1.25 bits per heavy atom. The first-order valence-electron chi connectivity index (χ1n) is 6.49. The van der Waals surface area contributed by atoms with Crippen molar-refractivity contribution < 1.29 is 14.6 Å². The number of methoxy groups -OCH3 is 1. The normalized spacial score (nSPS) is 10.3. The number of aryl methyl sites for hydroxylation is 1. The van der Waals surface area contributed by atoms with Gasteiger partial charge in [0.2, 0.25) is 0 Å². The minimum atomic E-state index is -0.0230. The molecule has 1 heterocycles. The molecular formula is C15H20N2O3. The number of nitrogens with one attached hydrogen (secondary N) is 1. The fraction of sp³-hybridized carbons (Fsp3) is 0.333. The van der Waals surface area contributed by atoms with Crippen LogP contribution >= 0.6 is 0 Å². The van der Waals surface area contributed by atoms with Gasteiger partial charge in [0.1, 0.15) is 6.61 Å². The number of aliphatic hydroxyl groups is 1. The van der Waals surface area contributed by atoms with E-state index < -0.39 is 0 Å². The zero-order chi connectivity index (χ0) is 14.4. The second-order valence-corrected chi connectivity index (χ2v) is 4.48. The molecule has 1 aromatic carbocycles. The molecule has 1 aromatic heterocycles. The Kier molecular flexibility index (Phi) is 4.90. The number of hydrogen-bond acceptors (Lipinski definition) is 4. The van der Waals surface area contributed by atoms with Crippen LogP contribution in [0.3, 0.4) is 0 Å². The van der Waals surface area contributed by atoms with Gasteiger partial charge in [0.15, 0.2) is 11.5 Å². The van der Waals surface area contributed by atoms with Gasteiger partial charge >= 0.3 is 0 Å². The van der Waals surface area contributed by atoms with Crippen molar-refractivity contribution in [3.63, 3.8) is 0 Å². The molecule has 0 fully saturated rings. The quantitative estimate of drug-likeness (QED) is 0.812. The number of nitrogens with zero attached hydrogens (tertiary/aromatic N) is 1. The van der Waals surface area contributed by atoms with Crippen molar-refractivity contribution in [3.8, 4) is 11.5 Å². The van der Waals surface area contributed by atoms with Crippen LogP contribution in [0.4, 0.5) is 5.69 Å². The molecule has 0 radical (unpaired) electrons. The summed E-state index contributed by atoms with van der Waals surface area (Å²) in [6.07, 6.45) is 4.08. The summed E-state index contributed by atoms with van der Waals surface area (Å²) in [6.45, 7) is 0.968. The Labute approximate surface area is 118 Å². The van der Waals surface area contributed by atoms with Gasteiger partial charge in [-0.15, -0.1) is 0 Å². The Hall–Kier alpha value is -2.14. The van der Waals surface area contributed by atoms with Gasteiger partial charge in [-0.25, -0.2) is 0 Å². The highest BCUT2D eigenvalue weighted by Crippen LogP contribution is 2.30.